The molecule has 0 saturated heterocycles. The maximum Gasteiger partial charge on any atom is 0.383 e. The van der Waals surface area contributed by atoms with Crippen molar-refractivity contribution in [3.05, 3.63) is 41.5 Å². The molecule has 0 aliphatic rings. The molecule has 1 heterocycles. The quantitative estimate of drug-likeness (QED) is 0.386. The summed E-state index contributed by atoms with van der Waals surface area (Å²) in [5, 5.41) is 10.7. The Morgan fingerprint density at radius 1 is 1.21 bits per heavy atom. The molecule has 0 atom stereocenters. The summed E-state index contributed by atoms with van der Waals surface area (Å²) in [4.78, 5) is 12.0. The van der Waals surface area contributed by atoms with E-state index in [1.165, 1.54) is 31.6 Å². The first-order chi connectivity index (χ1) is 11.7. The molecule has 0 saturated carbocycles. The first-order valence-corrected chi connectivity index (χ1v) is 8.37. The van der Waals surface area contributed by atoms with Gasteiger partial charge >= 0.3 is 5.63 Å². The second-order valence-electron chi connectivity index (χ2n) is 5.63. The van der Waals surface area contributed by atoms with Crippen molar-refractivity contribution in [1.82, 2.24) is 0 Å². The van der Waals surface area contributed by atoms with Gasteiger partial charge in [-0.2, -0.15) is 0 Å². The van der Waals surface area contributed by atoms with Crippen molar-refractivity contribution in [3.8, 4) is 17.2 Å². The van der Waals surface area contributed by atoms with Crippen molar-refractivity contribution >= 4 is 11.0 Å². The number of ether oxygens (including phenoxy) is 2. The van der Waals surface area contributed by atoms with Crippen molar-refractivity contribution in [1.29, 1.82) is 0 Å². The molecule has 0 unspecified atom stereocenters. The number of fused-ring (bicyclic) bond motifs is 1. The van der Waals surface area contributed by atoms with Crippen LogP contribution in [0.3, 0.4) is 0 Å². The molecule has 0 bridgehead atoms. The van der Waals surface area contributed by atoms with E-state index in [-0.39, 0.29) is 17.1 Å². The lowest BCUT2D eigenvalue weighted by atomic mass is 10.1. The summed E-state index contributed by atoms with van der Waals surface area (Å²) in [6.45, 7) is 6.03. The second-order valence-corrected chi connectivity index (χ2v) is 5.63. The Labute approximate surface area is 141 Å². The molecule has 130 valence electrons. The molecule has 5 heteroatoms. The molecular formula is C19H24O5. The van der Waals surface area contributed by atoms with Crippen LogP contribution in [0, 0.1) is 0 Å². The normalized spacial score (nSPS) is 10.7. The molecule has 0 aliphatic heterocycles. The minimum Gasteiger partial charge on any atom is -0.504 e. The average Bonchev–Trinajstić information content (AvgIpc) is 2.56. The van der Waals surface area contributed by atoms with Gasteiger partial charge in [0, 0.05) is 6.07 Å². The van der Waals surface area contributed by atoms with E-state index in [0.29, 0.717) is 17.7 Å². The Morgan fingerprint density at radius 2 is 1.96 bits per heavy atom. The summed E-state index contributed by atoms with van der Waals surface area (Å²) < 4.78 is 15.8. The first-order valence-electron chi connectivity index (χ1n) is 8.37. The van der Waals surface area contributed by atoms with E-state index in [9.17, 15) is 9.90 Å². The Balaban J connectivity index is 2.04. The van der Waals surface area contributed by atoms with Crippen LogP contribution in [0.4, 0.5) is 0 Å². The maximum atomic E-state index is 12.0. The highest BCUT2D eigenvalue weighted by molar-refractivity contribution is 5.86. The van der Waals surface area contributed by atoms with Gasteiger partial charge in [0.15, 0.2) is 5.75 Å². The predicted octanol–water partition coefficient (Wildman–Crippen LogP) is 4.76. The van der Waals surface area contributed by atoms with Gasteiger partial charge in [0.05, 0.1) is 18.3 Å². The van der Waals surface area contributed by atoms with Gasteiger partial charge < -0.3 is 19.0 Å². The number of benzene rings is 1. The average molecular weight is 332 g/mol. The van der Waals surface area contributed by atoms with Gasteiger partial charge in [-0.05, 0) is 18.6 Å². The van der Waals surface area contributed by atoms with Gasteiger partial charge in [-0.3, -0.25) is 0 Å². The number of hydrogen-bond acceptors (Lipinski definition) is 5. The molecule has 0 spiro atoms. The standard InChI is InChI=1S/C19H24O5/c1-3-5-6-7-8-9-12-23-18-17(20)15-11-10-14(22-4-2)13-16(15)24-19(18)21/h4,10-11,13,20H,2-3,5-9,12H2,1H3. The van der Waals surface area contributed by atoms with Crippen LogP contribution in [0.25, 0.3) is 11.0 Å². The number of rotatable bonds is 10. The minimum absolute atomic E-state index is 0.131. The van der Waals surface area contributed by atoms with Gasteiger partial charge in [0.2, 0.25) is 5.75 Å². The van der Waals surface area contributed by atoms with Crippen LogP contribution >= 0.6 is 0 Å². The Kier molecular flexibility index (Phi) is 6.73. The van der Waals surface area contributed by atoms with Crippen LogP contribution in [0.2, 0.25) is 0 Å². The third-order valence-corrected chi connectivity index (χ3v) is 3.78. The lowest BCUT2D eigenvalue weighted by Crippen LogP contribution is -2.08. The maximum absolute atomic E-state index is 12.0. The van der Waals surface area contributed by atoms with Crippen molar-refractivity contribution in [2.75, 3.05) is 6.61 Å². The molecular weight excluding hydrogens is 308 g/mol. The third-order valence-electron chi connectivity index (χ3n) is 3.78. The highest BCUT2D eigenvalue weighted by Crippen LogP contribution is 2.33. The van der Waals surface area contributed by atoms with E-state index in [1.807, 2.05) is 0 Å². The Bertz CT molecular complexity index is 732. The van der Waals surface area contributed by atoms with Gasteiger partial charge in [0.1, 0.15) is 11.3 Å². The number of aromatic hydroxyl groups is 1. The SMILES string of the molecule is C=COc1ccc2c(O)c(OCCCCCCCC)c(=O)oc2c1. The summed E-state index contributed by atoms with van der Waals surface area (Å²) in [6, 6.07) is 4.79. The second kappa shape index (κ2) is 9.01. The minimum atomic E-state index is -0.693. The van der Waals surface area contributed by atoms with Crippen molar-refractivity contribution in [2.45, 2.75) is 45.4 Å². The fourth-order valence-corrected chi connectivity index (χ4v) is 2.50. The van der Waals surface area contributed by atoms with Crippen LogP contribution in [0.15, 0.2) is 40.3 Å². The Hall–Kier alpha value is -2.43. The molecule has 5 nitrogen and oxygen atoms in total. The van der Waals surface area contributed by atoms with Crippen LogP contribution in [0.5, 0.6) is 17.2 Å². The first kappa shape index (κ1) is 17.9. The van der Waals surface area contributed by atoms with E-state index in [1.54, 1.807) is 12.1 Å². The van der Waals surface area contributed by atoms with Crippen LogP contribution in [-0.4, -0.2) is 11.7 Å². The Morgan fingerprint density at radius 3 is 2.71 bits per heavy atom. The molecule has 2 rings (SSSR count). The van der Waals surface area contributed by atoms with E-state index in [2.05, 4.69) is 13.5 Å². The van der Waals surface area contributed by atoms with E-state index < -0.39 is 5.63 Å². The van der Waals surface area contributed by atoms with Gasteiger partial charge in [-0.15, -0.1) is 0 Å². The van der Waals surface area contributed by atoms with Crippen LogP contribution in [-0.2, 0) is 0 Å². The van der Waals surface area contributed by atoms with Crippen LogP contribution in [0.1, 0.15) is 45.4 Å². The molecule has 0 radical (unpaired) electrons. The number of unbranched alkanes of at least 4 members (excludes halogenated alkanes) is 5. The summed E-state index contributed by atoms with van der Waals surface area (Å²) >= 11 is 0. The topological polar surface area (TPSA) is 68.9 Å². The summed E-state index contributed by atoms with van der Waals surface area (Å²) in [5.41, 5.74) is -0.453. The van der Waals surface area contributed by atoms with Crippen molar-refractivity contribution < 1.29 is 19.0 Å². The van der Waals surface area contributed by atoms with Crippen LogP contribution < -0.4 is 15.1 Å². The monoisotopic (exact) mass is 332 g/mol. The highest BCUT2D eigenvalue weighted by Gasteiger charge is 2.15. The smallest absolute Gasteiger partial charge is 0.383 e. The van der Waals surface area contributed by atoms with Crippen molar-refractivity contribution in [2.24, 2.45) is 0 Å². The zero-order chi connectivity index (χ0) is 17.4. The molecule has 0 amide bonds. The van der Waals surface area contributed by atoms with E-state index in [4.69, 9.17) is 13.9 Å². The summed E-state index contributed by atoms with van der Waals surface area (Å²) in [6.07, 6.45) is 7.98. The molecule has 0 aliphatic carbocycles. The molecule has 2 aromatic rings. The molecule has 1 aromatic heterocycles. The predicted molar refractivity (Wildman–Crippen MR) is 93.8 cm³/mol. The van der Waals surface area contributed by atoms with Crippen molar-refractivity contribution in [3.63, 3.8) is 0 Å². The zero-order valence-electron chi connectivity index (χ0n) is 14.0. The van der Waals surface area contributed by atoms with E-state index in [0.717, 1.165) is 19.3 Å². The third kappa shape index (κ3) is 4.54. The molecule has 1 aromatic carbocycles. The zero-order valence-corrected chi connectivity index (χ0v) is 14.0. The van der Waals surface area contributed by atoms with E-state index >= 15 is 0 Å². The largest absolute Gasteiger partial charge is 0.504 e. The highest BCUT2D eigenvalue weighted by atomic mass is 16.5. The summed E-state index contributed by atoms with van der Waals surface area (Å²) in [7, 11) is 0. The molecule has 0 fully saturated rings. The molecule has 1 N–H and O–H groups in total. The number of hydrogen-bond donors (Lipinski definition) is 1. The van der Waals surface area contributed by atoms with Gasteiger partial charge in [-0.25, -0.2) is 4.79 Å². The lowest BCUT2D eigenvalue weighted by molar-refractivity contribution is 0.275. The molecule has 24 heavy (non-hydrogen) atoms. The fraction of sp³-hybridized carbons (Fsp3) is 0.421. The van der Waals surface area contributed by atoms with Gasteiger partial charge in [0.25, 0.3) is 0 Å². The van der Waals surface area contributed by atoms with Gasteiger partial charge in [-0.1, -0.05) is 45.6 Å². The fourth-order valence-electron chi connectivity index (χ4n) is 2.50. The summed E-state index contributed by atoms with van der Waals surface area (Å²) in [5.74, 6) is 0.145. The lowest BCUT2D eigenvalue weighted by Gasteiger charge is -2.09.